The van der Waals surface area contributed by atoms with Crippen LogP contribution in [0.1, 0.15) is 20.8 Å². The molecule has 0 amide bonds. The zero-order valence-electron chi connectivity index (χ0n) is 20.4. The highest BCUT2D eigenvalue weighted by molar-refractivity contribution is 6.66. The van der Waals surface area contributed by atoms with Crippen LogP contribution in [0, 0.1) is 0 Å². The maximum absolute atomic E-state index is 5.76. The highest BCUT2D eigenvalue weighted by Crippen LogP contribution is 2.13. The quantitative estimate of drug-likeness (QED) is 0.380. The number of hydrogen-bond donors (Lipinski definition) is 2. The van der Waals surface area contributed by atoms with Gasteiger partial charge >= 0.3 is 17.4 Å². The maximum atomic E-state index is 5.76. The SMILES string of the molecule is CCO[Si](CNc1ccccc1)(OCC)OCC.CO[Si](C)(CNc1ccccc1)OC. The van der Waals surface area contributed by atoms with Crippen molar-refractivity contribution >= 4 is 28.7 Å². The van der Waals surface area contributed by atoms with Crippen molar-refractivity contribution in [2.24, 2.45) is 0 Å². The molecule has 2 aromatic carbocycles. The van der Waals surface area contributed by atoms with Gasteiger partial charge in [0.1, 0.15) is 0 Å². The zero-order valence-corrected chi connectivity index (χ0v) is 22.4. The van der Waals surface area contributed by atoms with Crippen molar-refractivity contribution in [1.29, 1.82) is 0 Å². The van der Waals surface area contributed by atoms with Gasteiger partial charge < -0.3 is 32.8 Å². The Morgan fingerprint density at radius 1 is 0.625 bits per heavy atom. The maximum Gasteiger partial charge on any atom is 0.521 e. The van der Waals surface area contributed by atoms with Crippen molar-refractivity contribution in [3.8, 4) is 0 Å². The molecule has 0 radical (unpaired) electrons. The Bertz CT molecular complexity index is 689. The number of anilines is 2. The number of benzene rings is 2. The molecule has 0 bridgehead atoms. The Labute approximate surface area is 196 Å². The van der Waals surface area contributed by atoms with Gasteiger partial charge in [-0.15, -0.1) is 0 Å². The van der Waals surface area contributed by atoms with Crippen molar-refractivity contribution in [3.63, 3.8) is 0 Å². The predicted molar refractivity (Wildman–Crippen MR) is 136 cm³/mol. The molecule has 0 spiro atoms. The number of nitrogens with one attached hydrogen (secondary N) is 2. The lowest BCUT2D eigenvalue weighted by molar-refractivity contribution is 0.0740. The fourth-order valence-electron chi connectivity index (χ4n) is 2.75. The molecule has 2 aromatic rings. The molecule has 9 heteroatoms. The summed E-state index contributed by atoms with van der Waals surface area (Å²) in [6, 6.07) is 20.1. The Hall–Kier alpha value is -1.73. The van der Waals surface area contributed by atoms with E-state index in [9.17, 15) is 0 Å². The Kier molecular flexibility index (Phi) is 14.1. The van der Waals surface area contributed by atoms with Crippen LogP contribution in [-0.2, 0) is 22.1 Å². The predicted octanol–water partition coefficient (Wildman–Crippen LogP) is 4.69. The first-order valence-corrected chi connectivity index (χ1v) is 15.5. The average molecular weight is 481 g/mol. The third kappa shape index (κ3) is 10.7. The van der Waals surface area contributed by atoms with E-state index in [4.69, 9.17) is 22.1 Å². The molecule has 0 fully saturated rings. The van der Waals surface area contributed by atoms with Crippen LogP contribution in [0.2, 0.25) is 6.55 Å². The van der Waals surface area contributed by atoms with Gasteiger partial charge in [-0.25, -0.2) is 0 Å². The van der Waals surface area contributed by atoms with Crippen LogP contribution in [0.25, 0.3) is 0 Å². The van der Waals surface area contributed by atoms with Gasteiger partial charge in [-0.3, -0.25) is 0 Å². The molecule has 7 nitrogen and oxygen atoms in total. The fourth-order valence-corrected chi connectivity index (χ4v) is 6.03. The van der Waals surface area contributed by atoms with Crippen LogP contribution in [0.15, 0.2) is 60.7 Å². The summed E-state index contributed by atoms with van der Waals surface area (Å²) in [6.45, 7) is 9.71. The van der Waals surface area contributed by atoms with E-state index in [2.05, 4.69) is 10.6 Å². The molecular weight excluding hydrogens is 440 g/mol. The van der Waals surface area contributed by atoms with Crippen molar-refractivity contribution in [1.82, 2.24) is 0 Å². The summed E-state index contributed by atoms with van der Waals surface area (Å²) in [5.74, 6) is 0. The molecule has 2 rings (SSSR count). The highest BCUT2D eigenvalue weighted by atomic mass is 28.4. The molecule has 180 valence electrons. The van der Waals surface area contributed by atoms with Gasteiger partial charge in [0.05, 0.1) is 12.3 Å². The molecule has 0 aliphatic rings. The standard InChI is InChI=1S/C13H23NO3Si.C10H17NO2Si/c1-4-15-18(16-5-2,17-6-3)12-14-13-10-8-7-9-11-13;1-12-14(3,13-2)9-11-10-7-5-4-6-8-10/h7-11,14H,4-6,12H2,1-3H3;4-8,11H,9H2,1-3H3. The van der Waals surface area contributed by atoms with E-state index in [1.807, 2.05) is 88.0 Å². The molecule has 32 heavy (non-hydrogen) atoms. The van der Waals surface area contributed by atoms with Crippen molar-refractivity contribution < 1.29 is 22.1 Å². The molecular formula is C23H40N2O5Si2. The highest BCUT2D eigenvalue weighted by Gasteiger charge is 2.40. The van der Waals surface area contributed by atoms with E-state index < -0.39 is 17.4 Å². The van der Waals surface area contributed by atoms with E-state index in [1.54, 1.807) is 14.2 Å². The summed E-state index contributed by atoms with van der Waals surface area (Å²) in [5.41, 5.74) is 2.15. The Morgan fingerprint density at radius 3 is 1.34 bits per heavy atom. The summed E-state index contributed by atoms with van der Waals surface area (Å²) < 4.78 is 28.0. The minimum atomic E-state index is -2.59. The fraction of sp³-hybridized carbons (Fsp3) is 0.478. The minimum Gasteiger partial charge on any atom is -0.397 e. The first-order valence-electron chi connectivity index (χ1n) is 11.1. The van der Waals surface area contributed by atoms with Gasteiger partial charge in [-0.1, -0.05) is 36.4 Å². The Morgan fingerprint density at radius 2 is 1.00 bits per heavy atom. The van der Waals surface area contributed by atoms with Crippen LogP contribution in [-0.4, -0.2) is 63.7 Å². The number of hydrogen-bond acceptors (Lipinski definition) is 7. The summed E-state index contributed by atoms with van der Waals surface area (Å²) >= 11 is 0. The van der Waals surface area contributed by atoms with E-state index in [0.717, 1.165) is 17.5 Å². The molecule has 0 saturated heterocycles. The third-order valence-corrected chi connectivity index (χ3v) is 9.97. The molecule has 0 heterocycles. The van der Waals surface area contributed by atoms with Gasteiger partial charge in [0.25, 0.3) is 0 Å². The second-order valence-corrected chi connectivity index (χ2v) is 13.0. The normalized spacial score (nSPS) is 11.4. The van der Waals surface area contributed by atoms with Gasteiger partial charge in [-0.05, 0) is 51.6 Å². The van der Waals surface area contributed by atoms with Gasteiger partial charge in [0, 0.05) is 45.4 Å². The van der Waals surface area contributed by atoms with Crippen LogP contribution in [0.5, 0.6) is 0 Å². The van der Waals surface area contributed by atoms with Crippen molar-refractivity contribution in [3.05, 3.63) is 60.7 Å². The lowest BCUT2D eigenvalue weighted by Gasteiger charge is -2.28. The molecule has 0 atom stereocenters. The van der Waals surface area contributed by atoms with E-state index in [1.165, 1.54) is 0 Å². The smallest absolute Gasteiger partial charge is 0.397 e. The third-order valence-electron chi connectivity index (χ3n) is 4.63. The van der Waals surface area contributed by atoms with E-state index >= 15 is 0 Å². The summed E-state index contributed by atoms with van der Waals surface area (Å²) in [6.07, 6.45) is 1.34. The first kappa shape index (κ1) is 28.3. The van der Waals surface area contributed by atoms with Crippen LogP contribution < -0.4 is 10.6 Å². The zero-order chi connectivity index (χ0) is 23.7. The first-order chi connectivity index (χ1) is 15.5. The molecule has 0 saturated carbocycles. The Balaban J connectivity index is 0.000000330. The second-order valence-electron chi connectivity index (χ2n) is 6.96. The van der Waals surface area contributed by atoms with E-state index in [0.29, 0.717) is 26.0 Å². The monoisotopic (exact) mass is 480 g/mol. The molecule has 0 aliphatic heterocycles. The summed E-state index contributed by atoms with van der Waals surface area (Å²) in [4.78, 5) is 0. The molecule has 0 aliphatic carbocycles. The molecule has 0 unspecified atom stereocenters. The van der Waals surface area contributed by atoms with Crippen LogP contribution >= 0.6 is 0 Å². The number of para-hydroxylation sites is 2. The summed E-state index contributed by atoms with van der Waals surface area (Å²) in [5, 5.41) is 6.63. The topological polar surface area (TPSA) is 70.2 Å². The molecule has 0 aromatic heterocycles. The minimum absolute atomic E-state index is 0.590. The largest absolute Gasteiger partial charge is 0.521 e. The van der Waals surface area contributed by atoms with Crippen LogP contribution in [0.3, 0.4) is 0 Å². The lowest BCUT2D eigenvalue weighted by atomic mass is 10.3. The average Bonchev–Trinajstić information content (AvgIpc) is 2.83. The van der Waals surface area contributed by atoms with Gasteiger partial charge in [-0.2, -0.15) is 0 Å². The van der Waals surface area contributed by atoms with E-state index in [-0.39, 0.29) is 0 Å². The van der Waals surface area contributed by atoms with Crippen molar-refractivity contribution in [2.45, 2.75) is 27.3 Å². The molecule has 2 N–H and O–H groups in total. The van der Waals surface area contributed by atoms with Crippen molar-refractivity contribution in [2.75, 3.05) is 57.0 Å². The van der Waals surface area contributed by atoms with Crippen LogP contribution in [0.4, 0.5) is 11.4 Å². The number of rotatable bonds is 14. The summed E-state index contributed by atoms with van der Waals surface area (Å²) in [7, 11) is -1.19. The second kappa shape index (κ2) is 16.0. The lowest BCUT2D eigenvalue weighted by Crippen LogP contribution is -2.52. The van der Waals surface area contributed by atoms with Gasteiger partial charge in [0.2, 0.25) is 0 Å². The van der Waals surface area contributed by atoms with Gasteiger partial charge in [0.15, 0.2) is 0 Å².